The van der Waals surface area contributed by atoms with Crippen molar-refractivity contribution in [3.63, 3.8) is 0 Å². The average molecular weight is 273 g/mol. The number of ether oxygens (including phenoxy) is 1. The minimum absolute atomic E-state index is 0.0244. The minimum Gasteiger partial charge on any atom is -0.463 e. The molecule has 7 heteroatoms. The fraction of sp³-hybridized carbons (Fsp3) is 0.364. The molecule has 0 fully saturated rings. The first kappa shape index (κ1) is 14.2. The second-order valence-electron chi connectivity index (χ2n) is 3.50. The molecule has 0 aromatic carbocycles. The first-order valence-corrected chi connectivity index (χ1v) is 5.58. The second kappa shape index (κ2) is 5.68. The van der Waals surface area contributed by atoms with Crippen molar-refractivity contribution in [1.29, 1.82) is 0 Å². The van der Waals surface area contributed by atoms with Crippen molar-refractivity contribution < 1.29 is 9.53 Å². The van der Waals surface area contributed by atoms with Crippen molar-refractivity contribution in [2.45, 2.75) is 6.92 Å². The molecule has 0 amide bonds. The smallest absolute Gasteiger partial charge is 0.331 e. The number of nitrogens with zero attached hydrogens (tertiary/aromatic N) is 2. The predicted molar refractivity (Wildman–Crippen MR) is 67.6 cm³/mol. The molecule has 0 aliphatic rings. The summed E-state index contributed by atoms with van der Waals surface area (Å²) in [5.41, 5.74) is -1.03. The van der Waals surface area contributed by atoms with Gasteiger partial charge < -0.3 is 4.74 Å². The second-order valence-corrected chi connectivity index (χ2v) is 3.85. The van der Waals surface area contributed by atoms with Crippen LogP contribution < -0.4 is 11.2 Å². The van der Waals surface area contributed by atoms with Gasteiger partial charge in [0.05, 0.1) is 12.2 Å². The van der Waals surface area contributed by atoms with Gasteiger partial charge >= 0.3 is 11.7 Å². The van der Waals surface area contributed by atoms with Gasteiger partial charge in [0.1, 0.15) is 5.15 Å². The average Bonchev–Trinajstić information content (AvgIpc) is 2.34. The number of carbonyl (C=O) groups is 1. The van der Waals surface area contributed by atoms with Crippen LogP contribution in [0.25, 0.3) is 6.08 Å². The minimum atomic E-state index is -0.579. The number of hydrogen-bond acceptors (Lipinski definition) is 4. The third-order valence-corrected chi connectivity index (χ3v) is 2.76. The molecule has 0 saturated carbocycles. The van der Waals surface area contributed by atoms with E-state index in [1.54, 1.807) is 6.92 Å². The summed E-state index contributed by atoms with van der Waals surface area (Å²) in [7, 11) is 2.77. The van der Waals surface area contributed by atoms with Gasteiger partial charge in [-0.3, -0.25) is 13.9 Å². The summed E-state index contributed by atoms with van der Waals surface area (Å²) in [5.74, 6) is -0.579. The first-order valence-electron chi connectivity index (χ1n) is 5.20. The van der Waals surface area contributed by atoms with Crippen LogP contribution in [0.3, 0.4) is 0 Å². The maximum Gasteiger partial charge on any atom is 0.331 e. The van der Waals surface area contributed by atoms with E-state index in [2.05, 4.69) is 4.74 Å². The van der Waals surface area contributed by atoms with Gasteiger partial charge in [-0.1, -0.05) is 11.6 Å². The summed E-state index contributed by atoms with van der Waals surface area (Å²) in [6.45, 7) is 1.91. The molecule has 1 aromatic heterocycles. The molecule has 0 saturated heterocycles. The molecular formula is C11H13ClN2O4. The van der Waals surface area contributed by atoms with Gasteiger partial charge in [0, 0.05) is 20.2 Å². The van der Waals surface area contributed by atoms with Crippen molar-refractivity contribution >= 4 is 23.6 Å². The van der Waals surface area contributed by atoms with Crippen LogP contribution in [0.2, 0.25) is 5.15 Å². The largest absolute Gasteiger partial charge is 0.463 e. The molecule has 1 heterocycles. The van der Waals surface area contributed by atoms with Gasteiger partial charge in [-0.05, 0) is 13.0 Å². The van der Waals surface area contributed by atoms with E-state index in [1.165, 1.54) is 20.2 Å². The molecule has 1 rings (SSSR count). The van der Waals surface area contributed by atoms with Gasteiger partial charge in [-0.2, -0.15) is 0 Å². The summed E-state index contributed by atoms with van der Waals surface area (Å²) in [4.78, 5) is 34.5. The normalized spacial score (nSPS) is 10.9. The lowest BCUT2D eigenvalue weighted by Crippen LogP contribution is -2.38. The quantitative estimate of drug-likeness (QED) is 0.451. The number of rotatable bonds is 3. The topological polar surface area (TPSA) is 70.3 Å². The number of halogens is 1. The first-order chi connectivity index (χ1) is 8.40. The third kappa shape index (κ3) is 2.70. The molecule has 0 radical (unpaired) electrons. The molecule has 0 aliphatic heterocycles. The van der Waals surface area contributed by atoms with E-state index in [0.29, 0.717) is 0 Å². The Morgan fingerprint density at radius 3 is 2.50 bits per heavy atom. The molecule has 6 nitrogen and oxygen atoms in total. The van der Waals surface area contributed by atoms with Crippen LogP contribution in [-0.2, 0) is 23.6 Å². The molecular weight excluding hydrogens is 260 g/mol. The number of esters is 1. The van der Waals surface area contributed by atoms with Gasteiger partial charge in [0.15, 0.2) is 0 Å². The van der Waals surface area contributed by atoms with E-state index >= 15 is 0 Å². The molecule has 0 unspecified atom stereocenters. The molecule has 0 bridgehead atoms. The lowest BCUT2D eigenvalue weighted by atomic mass is 10.3. The maximum atomic E-state index is 11.8. The molecule has 0 aliphatic carbocycles. The SMILES string of the molecule is CCOC(=O)/C=C/c1c(Cl)n(C)c(=O)n(C)c1=O. The van der Waals surface area contributed by atoms with Crippen LogP contribution in [0.1, 0.15) is 12.5 Å². The van der Waals surface area contributed by atoms with Crippen molar-refractivity contribution in [3.8, 4) is 0 Å². The molecule has 0 spiro atoms. The Balaban J connectivity index is 3.31. The summed E-state index contributed by atoms with van der Waals surface area (Å²) < 4.78 is 6.71. The number of aromatic nitrogens is 2. The Kier molecular flexibility index (Phi) is 4.49. The van der Waals surface area contributed by atoms with Crippen LogP contribution in [0, 0.1) is 0 Å². The zero-order valence-corrected chi connectivity index (χ0v) is 11.0. The summed E-state index contributed by atoms with van der Waals surface area (Å²) in [5, 5.41) is -0.0244. The van der Waals surface area contributed by atoms with Gasteiger partial charge in [-0.15, -0.1) is 0 Å². The van der Waals surface area contributed by atoms with Crippen molar-refractivity contribution in [3.05, 3.63) is 37.6 Å². The van der Waals surface area contributed by atoms with Gasteiger partial charge in [-0.25, -0.2) is 9.59 Å². The third-order valence-electron chi connectivity index (χ3n) is 2.30. The standard InChI is InChI=1S/C11H13ClN2O4/c1-4-18-8(15)6-5-7-9(12)13(2)11(17)14(3)10(7)16/h5-6H,4H2,1-3H3/b6-5+. The Hall–Kier alpha value is -1.82. The number of hydrogen-bond donors (Lipinski definition) is 0. The van der Waals surface area contributed by atoms with Crippen molar-refractivity contribution in [2.24, 2.45) is 14.1 Å². The Morgan fingerprint density at radius 1 is 1.33 bits per heavy atom. The van der Waals surface area contributed by atoms with E-state index < -0.39 is 17.2 Å². The van der Waals surface area contributed by atoms with Crippen molar-refractivity contribution in [1.82, 2.24) is 9.13 Å². The van der Waals surface area contributed by atoms with Crippen LogP contribution in [0.15, 0.2) is 15.7 Å². The zero-order valence-electron chi connectivity index (χ0n) is 10.3. The van der Waals surface area contributed by atoms with Crippen LogP contribution >= 0.6 is 11.6 Å². The molecule has 18 heavy (non-hydrogen) atoms. The Bertz CT molecular complexity index is 613. The highest BCUT2D eigenvalue weighted by molar-refractivity contribution is 6.31. The molecule has 98 valence electrons. The zero-order chi connectivity index (χ0) is 13.9. The number of carbonyl (C=O) groups excluding carboxylic acids is 1. The predicted octanol–water partition coefficient (Wildman–Crippen LogP) is 0.314. The highest BCUT2D eigenvalue weighted by Gasteiger charge is 2.11. The maximum absolute atomic E-state index is 11.8. The molecule has 1 aromatic rings. The monoisotopic (exact) mass is 272 g/mol. The van der Waals surface area contributed by atoms with E-state index in [9.17, 15) is 14.4 Å². The molecule has 0 atom stereocenters. The fourth-order valence-electron chi connectivity index (χ4n) is 1.33. The summed E-state index contributed by atoms with van der Waals surface area (Å²) in [6, 6.07) is 0. The lowest BCUT2D eigenvalue weighted by molar-refractivity contribution is -0.137. The van der Waals surface area contributed by atoms with E-state index in [0.717, 1.165) is 15.2 Å². The van der Waals surface area contributed by atoms with E-state index in [1.807, 2.05) is 0 Å². The summed E-state index contributed by atoms with van der Waals surface area (Å²) >= 11 is 5.88. The highest BCUT2D eigenvalue weighted by Crippen LogP contribution is 2.10. The van der Waals surface area contributed by atoms with Crippen molar-refractivity contribution in [2.75, 3.05) is 6.61 Å². The Labute approximate surface area is 108 Å². The van der Waals surface area contributed by atoms with E-state index in [-0.39, 0.29) is 17.3 Å². The Morgan fingerprint density at radius 2 is 1.94 bits per heavy atom. The van der Waals surface area contributed by atoms with Crippen LogP contribution in [0.5, 0.6) is 0 Å². The summed E-state index contributed by atoms with van der Waals surface area (Å²) in [6.07, 6.45) is 2.33. The molecule has 0 N–H and O–H groups in total. The van der Waals surface area contributed by atoms with Crippen LogP contribution in [0.4, 0.5) is 0 Å². The van der Waals surface area contributed by atoms with E-state index in [4.69, 9.17) is 11.6 Å². The van der Waals surface area contributed by atoms with Crippen LogP contribution in [-0.4, -0.2) is 21.7 Å². The van der Waals surface area contributed by atoms with Gasteiger partial charge in [0.25, 0.3) is 5.56 Å². The highest BCUT2D eigenvalue weighted by atomic mass is 35.5. The fourth-order valence-corrected chi connectivity index (χ4v) is 1.54. The lowest BCUT2D eigenvalue weighted by Gasteiger charge is -2.07. The van der Waals surface area contributed by atoms with Gasteiger partial charge in [0.2, 0.25) is 0 Å².